The molecule has 0 aliphatic carbocycles. The lowest BCUT2D eigenvalue weighted by molar-refractivity contribution is 0.208. The van der Waals surface area contributed by atoms with Crippen molar-refractivity contribution in [3.05, 3.63) is 48.0 Å². The highest BCUT2D eigenvalue weighted by atomic mass is 35.5. The summed E-state index contributed by atoms with van der Waals surface area (Å²) in [6, 6.07) is 15.7. The fraction of sp³-hybridized carbons (Fsp3) is 0.412. The molecule has 0 aliphatic rings. The van der Waals surface area contributed by atoms with E-state index in [9.17, 15) is 0 Å². The number of nitrogens with zero attached hydrogens (tertiary/aromatic N) is 1. The lowest BCUT2D eigenvalue weighted by Gasteiger charge is -2.28. The van der Waals surface area contributed by atoms with Crippen molar-refractivity contribution in [1.82, 2.24) is 4.90 Å². The molecule has 102 valence electrons. The molecule has 2 aromatic carbocycles. The molecule has 0 spiro atoms. The van der Waals surface area contributed by atoms with Crippen molar-refractivity contribution in [2.75, 3.05) is 12.4 Å². The third-order valence-corrected chi connectivity index (χ3v) is 4.01. The second-order valence-electron chi connectivity index (χ2n) is 5.06. The Hall–Kier alpha value is -1.05. The van der Waals surface area contributed by atoms with Gasteiger partial charge in [0.1, 0.15) is 0 Å². The molecule has 2 heteroatoms. The van der Waals surface area contributed by atoms with Gasteiger partial charge in [0.05, 0.1) is 0 Å². The van der Waals surface area contributed by atoms with E-state index in [1.165, 1.54) is 16.3 Å². The molecule has 19 heavy (non-hydrogen) atoms. The van der Waals surface area contributed by atoms with Crippen LogP contribution in [0.1, 0.15) is 25.8 Å². The number of hydrogen-bond donors (Lipinski definition) is 0. The van der Waals surface area contributed by atoms with Gasteiger partial charge in [-0.05, 0) is 29.7 Å². The van der Waals surface area contributed by atoms with Gasteiger partial charge in [-0.2, -0.15) is 0 Å². The highest BCUT2D eigenvalue weighted by Gasteiger charge is 2.13. The minimum absolute atomic E-state index is 0.567. The van der Waals surface area contributed by atoms with Crippen LogP contribution < -0.4 is 0 Å². The van der Waals surface area contributed by atoms with Crippen LogP contribution >= 0.6 is 11.6 Å². The standard InChI is InChI=1S/C17H22ClN/c1-3-14(2)19(12-11-18)13-16-9-6-8-15-7-4-5-10-17(15)16/h4-10,14H,3,11-13H2,1-2H3/t14-/m0/s1. The summed E-state index contributed by atoms with van der Waals surface area (Å²) in [5.41, 5.74) is 1.39. The second kappa shape index (κ2) is 6.93. The van der Waals surface area contributed by atoms with Gasteiger partial charge < -0.3 is 0 Å². The van der Waals surface area contributed by atoms with E-state index >= 15 is 0 Å². The normalized spacial score (nSPS) is 13.1. The second-order valence-corrected chi connectivity index (χ2v) is 5.43. The summed E-state index contributed by atoms with van der Waals surface area (Å²) < 4.78 is 0. The Balaban J connectivity index is 2.28. The van der Waals surface area contributed by atoms with Crippen molar-refractivity contribution >= 4 is 22.4 Å². The van der Waals surface area contributed by atoms with Crippen molar-refractivity contribution in [2.45, 2.75) is 32.9 Å². The van der Waals surface area contributed by atoms with Crippen molar-refractivity contribution in [3.8, 4) is 0 Å². The Morgan fingerprint density at radius 1 is 1.11 bits per heavy atom. The van der Waals surface area contributed by atoms with Crippen molar-refractivity contribution < 1.29 is 0 Å². The first-order valence-electron chi connectivity index (χ1n) is 7.03. The van der Waals surface area contributed by atoms with Crippen molar-refractivity contribution in [3.63, 3.8) is 0 Å². The Bertz CT molecular complexity index is 518. The van der Waals surface area contributed by atoms with E-state index < -0.39 is 0 Å². The quantitative estimate of drug-likeness (QED) is 0.692. The maximum absolute atomic E-state index is 5.94. The van der Waals surface area contributed by atoms with E-state index in [1.807, 2.05) is 0 Å². The Morgan fingerprint density at radius 3 is 2.58 bits per heavy atom. The lowest BCUT2D eigenvalue weighted by atomic mass is 10.0. The van der Waals surface area contributed by atoms with Crippen LogP contribution in [0.25, 0.3) is 10.8 Å². The number of benzene rings is 2. The average Bonchev–Trinajstić information content (AvgIpc) is 2.46. The van der Waals surface area contributed by atoms with E-state index in [2.05, 4.69) is 61.2 Å². The molecule has 0 N–H and O–H groups in total. The minimum Gasteiger partial charge on any atom is -0.295 e. The number of fused-ring (bicyclic) bond motifs is 1. The minimum atomic E-state index is 0.567. The molecule has 1 atom stereocenters. The number of halogens is 1. The summed E-state index contributed by atoms with van der Waals surface area (Å²) in [6.45, 7) is 6.43. The molecular weight excluding hydrogens is 254 g/mol. The lowest BCUT2D eigenvalue weighted by Crippen LogP contribution is -2.33. The predicted octanol–water partition coefficient (Wildman–Crippen LogP) is 4.68. The van der Waals surface area contributed by atoms with Gasteiger partial charge in [0, 0.05) is 25.0 Å². The Morgan fingerprint density at radius 2 is 1.84 bits per heavy atom. The summed E-state index contributed by atoms with van der Waals surface area (Å²) in [5, 5.41) is 2.67. The van der Waals surface area contributed by atoms with E-state index in [4.69, 9.17) is 11.6 Å². The largest absolute Gasteiger partial charge is 0.295 e. The third-order valence-electron chi connectivity index (χ3n) is 3.84. The SMILES string of the molecule is CC[C@H](C)N(CCCl)Cc1cccc2ccccc12. The van der Waals surface area contributed by atoms with Crippen LogP contribution in [0, 0.1) is 0 Å². The molecule has 0 radical (unpaired) electrons. The van der Waals surface area contributed by atoms with Crippen LogP contribution in [-0.4, -0.2) is 23.4 Å². The van der Waals surface area contributed by atoms with Gasteiger partial charge in [-0.15, -0.1) is 11.6 Å². The van der Waals surface area contributed by atoms with Crippen LogP contribution in [0.5, 0.6) is 0 Å². The molecule has 0 heterocycles. The Kier molecular flexibility index (Phi) is 5.24. The molecule has 0 saturated carbocycles. The number of hydrogen-bond acceptors (Lipinski definition) is 1. The molecule has 0 unspecified atom stereocenters. The first-order chi connectivity index (χ1) is 9.26. The predicted molar refractivity (Wildman–Crippen MR) is 84.8 cm³/mol. The monoisotopic (exact) mass is 275 g/mol. The first-order valence-corrected chi connectivity index (χ1v) is 7.56. The molecule has 0 saturated heterocycles. The summed E-state index contributed by atoms with van der Waals surface area (Å²) in [6.07, 6.45) is 1.15. The van der Waals surface area contributed by atoms with E-state index in [0.717, 1.165) is 19.5 Å². The zero-order chi connectivity index (χ0) is 13.7. The highest BCUT2D eigenvalue weighted by Crippen LogP contribution is 2.21. The summed E-state index contributed by atoms with van der Waals surface area (Å²) in [4.78, 5) is 2.47. The van der Waals surface area contributed by atoms with E-state index in [0.29, 0.717) is 11.9 Å². The molecular formula is C17H22ClN. The van der Waals surface area contributed by atoms with Gasteiger partial charge in [0.2, 0.25) is 0 Å². The molecule has 0 aromatic heterocycles. The molecule has 0 aliphatic heterocycles. The zero-order valence-corrected chi connectivity index (χ0v) is 12.5. The van der Waals surface area contributed by atoms with Crippen molar-refractivity contribution in [1.29, 1.82) is 0 Å². The first kappa shape index (κ1) is 14.4. The van der Waals surface area contributed by atoms with Crippen LogP contribution in [0.4, 0.5) is 0 Å². The van der Waals surface area contributed by atoms with Crippen LogP contribution in [0.15, 0.2) is 42.5 Å². The fourth-order valence-corrected chi connectivity index (χ4v) is 2.69. The smallest absolute Gasteiger partial charge is 0.0351 e. The van der Waals surface area contributed by atoms with Gasteiger partial charge in [0.15, 0.2) is 0 Å². The van der Waals surface area contributed by atoms with Gasteiger partial charge in [-0.1, -0.05) is 49.4 Å². The maximum Gasteiger partial charge on any atom is 0.0351 e. The van der Waals surface area contributed by atoms with Crippen LogP contribution in [-0.2, 0) is 6.54 Å². The molecule has 0 fully saturated rings. The van der Waals surface area contributed by atoms with Gasteiger partial charge >= 0.3 is 0 Å². The van der Waals surface area contributed by atoms with Gasteiger partial charge in [-0.25, -0.2) is 0 Å². The van der Waals surface area contributed by atoms with Gasteiger partial charge in [-0.3, -0.25) is 4.90 Å². The zero-order valence-electron chi connectivity index (χ0n) is 11.8. The molecule has 0 amide bonds. The third kappa shape index (κ3) is 3.49. The average molecular weight is 276 g/mol. The number of alkyl halides is 1. The van der Waals surface area contributed by atoms with Gasteiger partial charge in [0.25, 0.3) is 0 Å². The molecule has 0 bridgehead atoms. The molecule has 1 nitrogen and oxygen atoms in total. The topological polar surface area (TPSA) is 3.24 Å². The maximum atomic E-state index is 5.94. The summed E-state index contributed by atoms with van der Waals surface area (Å²) >= 11 is 5.94. The number of rotatable bonds is 6. The van der Waals surface area contributed by atoms with Crippen molar-refractivity contribution in [2.24, 2.45) is 0 Å². The van der Waals surface area contributed by atoms with Crippen LogP contribution in [0.2, 0.25) is 0 Å². The van der Waals surface area contributed by atoms with E-state index in [-0.39, 0.29) is 0 Å². The van der Waals surface area contributed by atoms with E-state index in [1.54, 1.807) is 0 Å². The molecule has 2 rings (SSSR count). The Labute approximate surface area is 121 Å². The molecule has 2 aromatic rings. The fourth-order valence-electron chi connectivity index (χ4n) is 2.47. The summed E-state index contributed by atoms with van der Waals surface area (Å²) in [7, 11) is 0. The highest BCUT2D eigenvalue weighted by molar-refractivity contribution is 6.18. The summed E-state index contributed by atoms with van der Waals surface area (Å²) in [5.74, 6) is 0.690. The van der Waals surface area contributed by atoms with Crippen LogP contribution in [0.3, 0.4) is 0 Å².